The van der Waals surface area contributed by atoms with E-state index >= 15 is 0 Å². The third-order valence-electron chi connectivity index (χ3n) is 2.52. The molecule has 0 bridgehead atoms. The summed E-state index contributed by atoms with van der Waals surface area (Å²) in [6, 6.07) is 6.67. The molecule has 0 unspecified atom stereocenters. The van der Waals surface area contributed by atoms with Crippen LogP contribution in [-0.2, 0) is 11.9 Å². The molecule has 0 saturated carbocycles. The van der Waals surface area contributed by atoms with Gasteiger partial charge in [-0.2, -0.15) is 13.2 Å². The van der Waals surface area contributed by atoms with E-state index in [1.807, 2.05) is 0 Å². The van der Waals surface area contributed by atoms with Gasteiger partial charge in [0.15, 0.2) is 0 Å². The molecule has 2 rings (SSSR count). The molecule has 106 valence electrons. The average molecular weight is 302 g/mol. The van der Waals surface area contributed by atoms with Crippen molar-refractivity contribution in [3.63, 3.8) is 0 Å². The fraction of sp³-hybridized carbons (Fsp3) is 0.154. The summed E-state index contributed by atoms with van der Waals surface area (Å²) in [5, 5.41) is 0.440. The molecular formula is C13H10F4N2S. The summed E-state index contributed by atoms with van der Waals surface area (Å²) in [6.45, 7) is 0. The zero-order valence-electron chi connectivity index (χ0n) is 10.1. The van der Waals surface area contributed by atoms with Crippen LogP contribution in [0.15, 0.2) is 41.6 Å². The van der Waals surface area contributed by atoms with E-state index in [2.05, 4.69) is 4.98 Å². The predicted molar refractivity (Wildman–Crippen MR) is 69.6 cm³/mol. The van der Waals surface area contributed by atoms with E-state index in [9.17, 15) is 17.6 Å². The van der Waals surface area contributed by atoms with Gasteiger partial charge in [0.1, 0.15) is 5.82 Å². The molecule has 1 heterocycles. The van der Waals surface area contributed by atoms with Gasteiger partial charge in [0.2, 0.25) is 0 Å². The average Bonchev–Trinajstić information content (AvgIpc) is 2.40. The monoisotopic (exact) mass is 302 g/mol. The maximum absolute atomic E-state index is 13.2. The fourth-order valence-electron chi connectivity index (χ4n) is 1.45. The van der Waals surface area contributed by atoms with Gasteiger partial charge in [0.05, 0.1) is 16.3 Å². The molecule has 0 aliphatic heterocycles. The lowest BCUT2D eigenvalue weighted by Crippen LogP contribution is -2.05. The van der Waals surface area contributed by atoms with Crippen molar-refractivity contribution >= 4 is 17.4 Å². The third kappa shape index (κ3) is 3.63. The molecule has 1 aromatic heterocycles. The first-order valence-electron chi connectivity index (χ1n) is 5.56. The number of nitrogens with two attached hydrogens (primary N) is 1. The van der Waals surface area contributed by atoms with Crippen LogP contribution in [0.1, 0.15) is 11.1 Å². The standard InChI is InChI=1S/C13H10F4N2S/c14-10-5-8(1-3-11(10)18)7-20-12-4-2-9(6-19-12)13(15,16)17/h1-6H,7,18H2. The summed E-state index contributed by atoms with van der Waals surface area (Å²) in [4.78, 5) is 3.72. The van der Waals surface area contributed by atoms with Crippen LogP contribution < -0.4 is 5.73 Å². The molecule has 1 aromatic carbocycles. The zero-order chi connectivity index (χ0) is 14.8. The fourth-order valence-corrected chi connectivity index (χ4v) is 2.24. The number of nitrogen functional groups attached to an aromatic ring is 1. The van der Waals surface area contributed by atoms with Crippen molar-refractivity contribution in [2.45, 2.75) is 17.0 Å². The van der Waals surface area contributed by atoms with Gasteiger partial charge in [0.25, 0.3) is 0 Å². The van der Waals surface area contributed by atoms with Gasteiger partial charge in [-0.1, -0.05) is 6.07 Å². The molecule has 0 aliphatic rings. The second-order valence-corrected chi connectivity index (χ2v) is 5.02. The first kappa shape index (κ1) is 14.6. The van der Waals surface area contributed by atoms with Gasteiger partial charge in [0, 0.05) is 11.9 Å². The van der Waals surface area contributed by atoms with Crippen LogP contribution in [0.5, 0.6) is 0 Å². The molecule has 2 nitrogen and oxygen atoms in total. The predicted octanol–water partition coefficient (Wildman–Crippen LogP) is 4.11. The van der Waals surface area contributed by atoms with Crippen molar-refractivity contribution in [1.29, 1.82) is 0 Å². The highest BCUT2D eigenvalue weighted by atomic mass is 32.2. The van der Waals surface area contributed by atoms with Crippen LogP contribution in [0.2, 0.25) is 0 Å². The summed E-state index contributed by atoms with van der Waals surface area (Å²) < 4.78 is 50.3. The Bertz CT molecular complexity index is 596. The number of pyridine rings is 1. The minimum absolute atomic E-state index is 0.0615. The Morgan fingerprint density at radius 2 is 1.90 bits per heavy atom. The maximum atomic E-state index is 13.2. The molecule has 2 N–H and O–H groups in total. The van der Waals surface area contributed by atoms with E-state index < -0.39 is 17.6 Å². The van der Waals surface area contributed by atoms with Crippen LogP contribution in [0.25, 0.3) is 0 Å². The van der Waals surface area contributed by atoms with Gasteiger partial charge in [-0.15, -0.1) is 11.8 Å². The first-order valence-corrected chi connectivity index (χ1v) is 6.55. The molecule has 2 aromatic rings. The highest BCUT2D eigenvalue weighted by Crippen LogP contribution is 2.30. The van der Waals surface area contributed by atoms with Gasteiger partial charge in [-0.3, -0.25) is 0 Å². The summed E-state index contributed by atoms with van der Waals surface area (Å²) in [5.74, 6) is -0.112. The normalized spacial score (nSPS) is 11.6. The van der Waals surface area contributed by atoms with E-state index in [0.717, 1.165) is 12.3 Å². The van der Waals surface area contributed by atoms with Crippen molar-refractivity contribution < 1.29 is 17.6 Å². The third-order valence-corrected chi connectivity index (χ3v) is 3.53. The molecule has 0 saturated heterocycles. The van der Waals surface area contributed by atoms with Crippen molar-refractivity contribution in [2.75, 3.05) is 5.73 Å². The number of anilines is 1. The summed E-state index contributed by atoms with van der Waals surface area (Å²) >= 11 is 1.22. The quantitative estimate of drug-likeness (QED) is 0.527. The second kappa shape index (κ2) is 5.70. The summed E-state index contributed by atoms with van der Waals surface area (Å²) in [5.41, 5.74) is 5.31. The second-order valence-electron chi connectivity index (χ2n) is 4.03. The molecule has 0 spiro atoms. The van der Waals surface area contributed by atoms with Crippen molar-refractivity contribution in [1.82, 2.24) is 4.98 Å². The van der Waals surface area contributed by atoms with E-state index in [0.29, 0.717) is 16.3 Å². The number of aromatic nitrogens is 1. The molecule has 7 heteroatoms. The van der Waals surface area contributed by atoms with Gasteiger partial charge in [-0.25, -0.2) is 9.37 Å². The number of halogens is 4. The van der Waals surface area contributed by atoms with Crippen LogP contribution in [0.4, 0.5) is 23.2 Å². The van der Waals surface area contributed by atoms with Crippen molar-refractivity contribution in [3.05, 3.63) is 53.5 Å². The number of alkyl halides is 3. The van der Waals surface area contributed by atoms with E-state index in [1.165, 1.54) is 30.0 Å². The summed E-state index contributed by atoms with van der Waals surface area (Å²) in [7, 11) is 0. The minimum atomic E-state index is -4.39. The number of nitrogens with zero attached hydrogens (tertiary/aromatic N) is 1. The zero-order valence-corrected chi connectivity index (χ0v) is 10.9. The Balaban J connectivity index is 2.02. The molecule has 0 fully saturated rings. The Morgan fingerprint density at radius 3 is 2.45 bits per heavy atom. The molecule has 0 radical (unpaired) electrons. The Kier molecular flexibility index (Phi) is 4.17. The van der Waals surface area contributed by atoms with Crippen LogP contribution >= 0.6 is 11.8 Å². The molecule has 0 atom stereocenters. The number of rotatable bonds is 3. The number of hydrogen-bond acceptors (Lipinski definition) is 3. The number of benzene rings is 1. The molecule has 0 aliphatic carbocycles. The molecular weight excluding hydrogens is 292 g/mol. The highest BCUT2D eigenvalue weighted by Gasteiger charge is 2.30. The van der Waals surface area contributed by atoms with Gasteiger partial charge >= 0.3 is 6.18 Å². The SMILES string of the molecule is Nc1ccc(CSc2ccc(C(F)(F)F)cn2)cc1F. The smallest absolute Gasteiger partial charge is 0.396 e. The Labute approximate surface area is 117 Å². The van der Waals surface area contributed by atoms with Crippen LogP contribution in [-0.4, -0.2) is 4.98 Å². The van der Waals surface area contributed by atoms with Crippen molar-refractivity contribution in [2.24, 2.45) is 0 Å². The minimum Gasteiger partial charge on any atom is -0.396 e. The van der Waals surface area contributed by atoms with Gasteiger partial charge < -0.3 is 5.73 Å². The first-order chi connectivity index (χ1) is 9.36. The number of hydrogen-bond donors (Lipinski definition) is 1. The van der Waals surface area contributed by atoms with E-state index in [-0.39, 0.29) is 5.69 Å². The summed E-state index contributed by atoms with van der Waals surface area (Å²) in [6.07, 6.45) is -3.61. The van der Waals surface area contributed by atoms with Crippen molar-refractivity contribution in [3.8, 4) is 0 Å². The Morgan fingerprint density at radius 1 is 1.15 bits per heavy atom. The maximum Gasteiger partial charge on any atom is 0.417 e. The number of thioether (sulfide) groups is 1. The van der Waals surface area contributed by atoms with Crippen LogP contribution in [0, 0.1) is 5.82 Å². The van der Waals surface area contributed by atoms with Gasteiger partial charge in [-0.05, 0) is 29.8 Å². The van der Waals surface area contributed by atoms with Crippen LogP contribution in [0.3, 0.4) is 0 Å². The Hall–Kier alpha value is -1.76. The lowest BCUT2D eigenvalue weighted by atomic mass is 10.2. The highest BCUT2D eigenvalue weighted by molar-refractivity contribution is 7.98. The van der Waals surface area contributed by atoms with E-state index in [1.54, 1.807) is 6.07 Å². The largest absolute Gasteiger partial charge is 0.417 e. The van der Waals surface area contributed by atoms with E-state index in [4.69, 9.17) is 5.73 Å². The molecule has 20 heavy (non-hydrogen) atoms. The molecule has 0 amide bonds. The topological polar surface area (TPSA) is 38.9 Å². The lowest BCUT2D eigenvalue weighted by molar-refractivity contribution is -0.137. The lowest BCUT2D eigenvalue weighted by Gasteiger charge is -2.07.